The molecule has 8 heteroatoms. The molecule has 0 spiro atoms. The van der Waals surface area contributed by atoms with E-state index in [9.17, 15) is 13.6 Å². The van der Waals surface area contributed by atoms with Gasteiger partial charge in [0.25, 0.3) is 6.43 Å². The molecule has 1 aromatic heterocycles. The van der Waals surface area contributed by atoms with Gasteiger partial charge in [0.2, 0.25) is 0 Å². The summed E-state index contributed by atoms with van der Waals surface area (Å²) in [4.78, 5) is 11.5. The minimum absolute atomic E-state index is 0.0116. The average molecular weight is 260 g/mol. The zero-order chi connectivity index (χ0) is 13.1. The lowest BCUT2D eigenvalue weighted by atomic mass is 10.1. The van der Waals surface area contributed by atoms with Gasteiger partial charge in [-0.2, -0.15) is 0 Å². The van der Waals surface area contributed by atoms with Crippen LogP contribution in [0.2, 0.25) is 0 Å². The molecule has 1 atom stereocenters. The first-order valence-corrected chi connectivity index (χ1v) is 5.66. The van der Waals surface area contributed by atoms with E-state index in [1.165, 1.54) is 7.11 Å². The molecule has 1 N–H and O–H groups in total. The molecule has 1 unspecified atom stereocenters. The zero-order valence-electron chi connectivity index (χ0n) is 9.90. The summed E-state index contributed by atoms with van der Waals surface area (Å²) >= 11 is 0. The molecule has 0 radical (unpaired) electrons. The molecule has 0 saturated carbocycles. The predicted molar refractivity (Wildman–Crippen MR) is 57.3 cm³/mol. The third-order valence-electron chi connectivity index (χ3n) is 2.85. The fourth-order valence-electron chi connectivity index (χ4n) is 2.09. The van der Waals surface area contributed by atoms with Crippen molar-refractivity contribution in [2.45, 2.75) is 31.9 Å². The summed E-state index contributed by atoms with van der Waals surface area (Å²) in [6.45, 7) is 0.211. The van der Waals surface area contributed by atoms with Crippen molar-refractivity contribution in [2.75, 3.05) is 13.7 Å². The SMILES string of the molecule is COC(=O)c1nnn(CC(F)F)c1C1CCCN1. The number of halogens is 2. The first-order valence-electron chi connectivity index (χ1n) is 5.66. The smallest absolute Gasteiger partial charge is 0.360 e. The second-order valence-corrected chi connectivity index (χ2v) is 4.04. The van der Waals surface area contributed by atoms with Crippen molar-refractivity contribution >= 4 is 5.97 Å². The Morgan fingerprint density at radius 1 is 1.67 bits per heavy atom. The summed E-state index contributed by atoms with van der Waals surface area (Å²) in [6.07, 6.45) is -0.858. The number of aromatic nitrogens is 3. The molecule has 0 aliphatic carbocycles. The van der Waals surface area contributed by atoms with E-state index in [-0.39, 0.29) is 11.7 Å². The minimum atomic E-state index is -2.54. The van der Waals surface area contributed by atoms with Gasteiger partial charge in [-0.25, -0.2) is 18.3 Å². The Morgan fingerprint density at radius 2 is 2.44 bits per heavy atom. The van der Waals surface area contributed by atoms with Crippen LogP contribution in [0, 0.1) is 0 Å². The van der Waals surface area contributed by atoms with E-state index in [0.29, 0.717) is 5.69 Å². The minimum Gasteiger partial charge on any atom is -0.464 e. The molecule has 1 fully saturated rings. The van der Waals surface area contributed by atoms with Gasteiger partial charge < -0.3 is 10.1 Å². The van der Waals surface area contributed by atoms with Crippen molar-refractivity contribution < 1.29 is 18.3 Å². The van der Waals surface area contributed by atoms with Gasteiger partial charge in [0, 0.05) is 0 Å². The zero-order valence-corrected chi connectivity index (χ0v) is 9.90. The maximum Gasteiger partial charge on any atom is 0.360 e. The number of nitrogens with one attached hydrogen (secondary N) is 1. The van der Waals surface area contributed by atoms with E-state index in [4.69, 9.17) is 0 Å². The van der Waals surface area contributed by atoms with Crippen LogP contribution in [-0.2, 0) is 11.3 Å². The van der Waals surface area contributed by atoms with Crippen molar-refractivity contribution in [3.05, 3.63) is 11.4 Å². The Labute approximate surface area is 102 Å². The highest BCUT2D eigenvalue weighted by Crippen LogP contribution is 2.25. The monoisotopic (exact) mass is 260 g/mol. The largest absolute Gasteiger partial charge is 0.464 e. The fraction of sp³-hybridized carbons (Fsp3) is 0.700. The number of alkyl halides is 2. The maximum atomic E-state index is 12.5. The fourth-order valence-corrected chi connectivity index (χ4v) is 2.09. The molecule has 0 bridgehead atoms. The van der Waals surface area contributed by atoms with Crippen LogP contribution >= 0.6 is 0 Å². The van der Waals surface area contributed by atoms with Gasteiger partial charge in [-0.15, -0.1) is 5.10 Å². The van der Waals surface area contributed by atoms with Gasteiger partial charge in [-0.05, 0) is 19.4 Å². The molecule has 6 nitrogen and oxygen atoms in total. The van der Waals surface area contributed by atoms with Crippen molar-refractivity contribution in [2.24, 2.45) is 0 Å². The Morgan fingerprint density at radius 3 is 3.00 bits per heavy atom. The van der Waals surface area contributed by atoms with E-state index in [0.717, 1.165) is 24.1 Å². The van der Waals surface area contributed by atoms with Gasteiger partial charge in [0.15, 0.2) is 5.69 Å². The molecule has 1 aliphatic rings. The average Bonchev–Trinajstić information content (AvgIpc) is 2.95. The Bertz CT molecular complexity index is 430. The lowest BCUT2D eigenvalue weighted by molar-refractivity contribution is 0.0591. The third kappa shape index (κ3) is 2.47. The Kier molecular flexibility index (Phi) is 3.85. The number of hydrogen-bond donors (Lipinski definition) is 1. The topological polar surface area (TPSA) is 69.0 Å². The number of methoxy groups -OCH3 is 1. The number of ether oxygens (including phenoxy) is 1. The summed E-state index contributed by atoms with van der Waals surface area (Å²) in [7, 11) is 1.22. The van der Waals surface area contributed by atoms with E-state index in [1.807, 2.05) is 0 Å². The predicted octanol–water partition coefficient (Wildman–Crippen LogP) is 0.754. The molecule has 2 heterocycles. The van der Waals surface area contributed by atoms with Crippen LogP contribution < -0.4 is 5.32 Å². The first-order chi connectivity index (χ1) is 8.63. The third-order valence-corrected chi connectivity index (χ3v) is 2.85. The summed E-state index contributed by atoms with van der Waals surface area (Å²) in [5.41, 5.74) is 0.400. The number of carbonyl (C=O) groups excluding carboxylic acids is 1. The highest BCUT2D eigenvalue weighted by Gasteiger charge is 2.29. The molecule has 100 valence electrons. The first kappa shape index (κ1) is 12.9. The number of nitrogens with zero attached hydrogens (tertiary/aromatic N) is 3. The van der Waals surface area contributed by atoms with Gasteiger partial charge in [0.05, 0.1) is 18.8 Å². The second-order valence-electron chi connectivity index (χ2n) is 4.04. The van der Waals surface area contributed by atoms with Crippen LogP contribution in [0.25, 0.3) is 0 Å². The number of rotatable bonds is 4. The van der Waals surface area contributed by atoms with Crippen LogP contribution in [0.1, 0.15) is 35.1 Å². The summed E-state index contributed by atoms with van der Waals surface area (Å²) < 4.78 is 30.6. The van der Waals surface area contributed by atoms with Crippen LogP contribution in [0.15, 0.2) is 0 Å². The van der Waals surface area contributed by atoms with E-state index in [1.54, 1.807) is 0 Å². The normalized spacial score (nSPS) is 19.4. The van der Waals surface area contributed by atoms with Gasteiger partial charge in [0.1, 0.15) is 6.54 Å². The molecule has 0 aromatic carbocycles. The molecule has 1 saturated heterocycles. The number of carbonyl (C=O) groups is 1. The van der Waals surface area contributed by atoms with Crippen LogP contribution in [0.3, 0.4) is 0 Å². The Hall–Kier alpha value is -1.57. The highest BCUT2D eigenvalue weighted by atomic mass is 19.3. The van der Waals surface area contributed by atoms with Crippen molar-refractivity contribution in [1.29, 1.82) is 0 Å². The molecule has 0 amide bonds. The van der Waals surface area contributed by atoms with Crippen molar-refractivity contribution in [3.63, 3.8) is 0 Å². The van der Waals surface area contributed by atoms with Crippen LogP contribution in [0.4, 0.5) is 8.78 Å². The molecule has 1 aromatic rings. The lowest BCUT2D eigenvalue weighted by Gasteiger charge is -2.13. The summed E-state index contributed by atoms with van der Waals surface area (Å²) in [6, 6.07) is -0.173. The van der Waals surface area contributed by atoms with Gasteiger partial charge in [-0.3, -0.25) is 0 Å². The molecular formula is C10H14F2N4O2. The highest BCUT2D eigenvalue weighted by molar-refractivity contribution is 5.88. The van der Waals surface area contributed by atoms with Gasteiger partial charge >= 0.3 is 5.97 Å². The Balaban J connectivity index is 2.35. The summed E-state index contributed by atoms with van der Waals surface area (Å²) in [5.74, 6) is -0.654. The van der Waals surface area contributed by atoms with Crippen molar-refractivity contribution in [3.8, 4) is 0 Å². The maximum absolute atomic E-state index is 12.5. The van der Waals surface area contributed by atoms with Crippen LogP contribution in [0.5, 0.6) is 0 Å². The summed E-state index contributed by atoms with van der Waals surface area (Å²) in [5, 5.41) is 10.4. The molecular weight excluding hydrogens is 246 g/mol. The second kappa shape index (κ2) is 5.38. The quantitative estimate of drug-likeness (QED) is 0.809. The standard InChI is InChI=1S/C10H14F2N4O2/c1-18-10(17)8-9(6-3-2-4-13-6)16(15-14-8)5-7(11)12/h6-7,13H,2-5H2,1H3. The molecule has 18 heavy (non-hydrogen) atoms. The van der Waals surface area contributed by atoms with E-state index in [2.05, 4.69) is 20.4 Å². The van der Waals surface area contributed by atoms with Crippen molar-refractivity contribution in [1.82, 2.24) is 20.3 Å². The number of hydrogen-bond acceptors (Lipinski definition) is 5. The van der Waals surface area contributed by atoms with Gasteiger partial charge in [-0.1, -0.05) is 5.21 Å². The van der Waals surface area contributed by atoms with E-state index >= 15 is 0 Å². The van der Waals surface area contributed by atoms with Crippen LogP contribution in [-0.4, -0.2) is 41.0 Å². The molecule has 1 aliphatic heterocycles. The molecule has 2 rings (SSSR count). The lowest BCUT2D eigenvalue weighted by Crippen LogP contribution is -2.22. The number of esters is 1. The van der Waals surface area contributed by atoms with E-state index < -0.39 is 18.9 Å².